The molecule has 0 amide bonds. The summed E-state index contributed by atoms with van der Waals surface area (Å²) in [6.45, 7) is 0. The highest BCUT2D eigenvalue weighted by molar-refractivity contribution is 7.19. The number of nitrogens with zero attached hydrogens (tertiary/aromatic N) is 2. The van der Waals surface area contributed by atoms with E-state index in [-0.39, 0.29) is 0 Å². The van der Waals surface area contributed by atoms with Gasteiger partial charge < -0.3 is 9.13 Å². The second-order valence-electron chi connectivity index (χ2n) is 17.7. The summed E-state index contributed by atoms with van der Waals surface area (Å²) >= 11 is 0. The zero-order valence-corrected chi connectivity index (χ0v) is 37.8. The highest BCUT2D eigenvalue weighted by Crippen LogP contribution is 2.38. The van der Waals surface area contributed by atoms with E-state index >= 15 is 0 Å². The van der Waals surface area contributed by atoms with Crippen LogP contribution in [0.25, 0.3) is 88.0 Å². The number of hydrogen-bond donors (Lipinski definition) is 0. The van der Waals surface area contributed by atoms with Crippen molar-refractivity contribution in [2.75, 3.05) is 0 Å². The zero-order valence-electron chi connectivity index (χ0n) is 36.8. The lowest BCUT2D eigenvalue weighted by atomic mass is 9.98. The Morgan fingerprint density at radius 1 is 0.224 bits per heavy atom. The first kappa shape index (κ1) is 38.9. The van der Waals surface area contributed by atoms with E-state index in [1.807, 2.05) is 0 Å². The van der Waals surface area contributed by atoms with Crippen LogP contribution in [0.3, 0.4) is 0 Å². The Balaban J connectivity index is 0.893. The first-order valence-electron chi connectivity index (χ1n) is 23.2. The number of rotatable bonds is 8. The fourth-order valence-corrected chi connectivity index (χ4v) is 15.8. The van der Waals surface area contributed by atoms with Gasteiger partial charge in [-0.3, -0.25) is 0 Å². The molecule has 0 bridgehead atoms. The van der Waals surface area contributed by atoms with E-state index in [1.165, 1.54) is 103 Å². The number of aromatic nitrogens is 2. The molecular weight excluding hydrogens is 825 g/mol. The molecule has 2 nitrogen and oxygen atoms in total. The van der Waals surface area contributed by atoms with Gasteiger partial charge in [-0.25, -0.2) is 0 Å². The van der Waals surface area contributed by atoms with Crippen LogP contribution in [0.1, 0.15) is 0 Å². The van der Waals surface area contributed by atoms with Crippen LogP contribution in [0.4, 0.5) is 0 Å². The molecule has 0 N–H and O–H groups in total. The molecule has 0 unspecified atom stereocenters. The summed E-state index contributed by atoms with van der Waals surface area (Å²) in [6, 6.07) is 99.0. The maximum atomic E-state index is 2.47. The summed E-state index contributed by atoms with van der Waals surface area (Å²) in [6.07, 6.45) is 0. The van der Waals surface area contributed by atoms with Crippen LogP contribution in [0.2, 0.25) is 0 Å². The molecule has 0 atom stereocenters. The SMILES string of the molecule is c1ccc([Si](c2ccccc2)(c2ccccc2)c2cccc(-n3c4ccccc4c4cc(-c5ccc(-c6ccc7c(c6)c6ccccc6n7-c6ccc7ccccc7c6)cc5)ccc43)c2)cc1. The molecule has 314 valence electrons. The van der Waals surface area contributed by atoms with Crippen LogP contribution in [0.5, 0.6) is 0 Å². The standard InChI is InChI=1S/C64H44N2Si/c1-4-20-53(21-5-1)67(54-22-6-2-7-23-54,55-24-8-3-9-25-55)56-26-16-19-51(44-56)65-61-29-14-12-27-57(61)59-42-49(36-39-63(59)65)46-31-33-47(34-32-46)50-37-40-64-60(43-50)58-28-13-15-30-62(58)66(64)52-38-35-45-17-10-11-18-48(45)41-52/h1-44H. The topological polar surface area (TPSA) is 9.86 Å². The molecular formula is C64H44N2Si. The van der Waals surface area contributed by atoms with Crippen molar-refractivity contribution in [2.45, 2.75) is 0 Å². The van der Waals surface area contributed by atoms with Gasteiger partial charge in [-0.1, -0.05) is 206 Å². The summed E-state index contributed by atoms with van der Waals surface area (Å²) < 4.78 is 4.87. The molecule has 13 aromatic rings. The van der Waals surface area contributed by atoms with Crippen LogP contribution in [-0.4, -0.2) is 17.2 Å². The molecule has 2 aromatic heterocycles. The van der Waals surface area contributed by atoms with Crippen LogP contribution in [0.15, 0.2) is 267 Å². The van der Waals surface area contributed by atoms with Gasteiger partial charge in [0.25, 0.3) is 0 Å². The van der Waals surface area contributed by atoms with Gasteiger partial charge in [0, 0.05) is 32.9 Å². The first-order chi connectivity index (χ1) is 33.2. The van der Waals surface area contributed by atoms with Crippen molar-refractivity contribution in [3.8, 4) is 33.6 Å². The van der Waals surface area contributed by atoms with Crippen LogP contribution >= 0.6 is 0 Å². The fourth-order valence-electron chi connectivity index (χ4n) is 11.0. The minimum atomic E-state index is -2.72. The van der Waals surface area contributed by atoms with E-state index < -0.39 is 8.07 Å². The molecule has 0 spiro atoms. The molecule has 2 heterocycles. The van der Waals surface area contributed by atoms with Crippen molar-refractivity contribution in [2.24, 2.45) is 0 Å². The summed E-state index contributed by atoms with van der Waals surface area (Å²) in [5, 5.41) is 13.0. The zero-order chi connectivity index (χ0) is 44.3. The lowest BCUT2D eigenvalue weighted by Gasteiger charge is -2.34. The molecule has 0 radical (unpaired) electrons. The second kappa shape index (κ2) is 15.9. The van der Waals surface area contributed by atoms with Crippen molar-refractivity contribution < 1.29 is 0 Å². The molecule has 0 saturated carbocycles. The van der Waals surface area contributed by atoms with E-state index in [4.69, 9.17) is 0 Å². The van der Waals surface area contributed by atoms with Crippen molar-refractivity contribution >= 4 is 83.2 Å². The molecule has 0 aliphatic heterocycles. The molecule has 11 aromatic carbocycles. The van der Waals surface area contributed by atoms with Crippen LogP contribution < -0.4 is 20.7 Å². The minimum Gasteiger partial charge on any atom is -0.309 e. The number of hydrogen-bond acceptors (Lipinski definition) is 0. The van der Waals surface area contributed by atoms with Gasteiger partial charge in [0.05, 0.1) is 22.1 Å². The molecule has 67 heavy (non-hydrogen) atoms. The average Bonchev–Trinajstić information content (AvgIpc) is 3.92. The quantitative estimate of drug-likeness (QED) is 0.106. The summed E-state index contributed by atoms with van der Waals surface area (Å²) in [5.41, 5.74) is 12.0. The molecule has 0 saturated heterocycles. The first-order valence-corrected chi connectivity index (χ1v) is 25.2. The Hall–Kier alpha value is -8.50. The van der Waals surface area contributed by atoms with Crippen molar-refractivity contribution in [1.82, 2.24) is 9.13 Å². The third-order valence-electron chi connectivity index (χ3n) is 14.0. The Kier molecular flexibility index (Phi) is 9.22. The minimum absolute atomic E-state index is 1.16. The van der Waals surface area contributed by atoms with E-state index in [9.17, 15) is 0 Å². The monoisotopic (exact) mass is 868 g/mol. The third-order valence-corrected chi connectivity index (χ3v) is 18.8. The van der Waals surface area contributed by atoms with E-state index in [0.29, 0.717) is 0 Å². The largest absolute Gasteiger partial charge is 0.309 e. The van der Waals surface area contributed by atoms with E-state index in [1.54, 1.807) is 0 Å². The van der Waals surface area contributed by atoms with Crippen molar-refractivity contribution in [1.29, 1.82) is 0 Å². The average molecular weight is 869 g/mol. The number of benzene rings is 11. The maximum Gasteiger partial charge on any atom is 0.179 e. The molecule has 13 rings (SSSR count). The molecule has 3 heteroatoms. The normalized spacial score (nSPS) is 11.9. The van der Waals surface area contributed by atoms with E-state index in [2.05, 4.69) is 276 Å². The summed E-state index contributed by atoms with van der Waals surface area (Å²) in [5.74, 6) is 0. The number of para-hydroxylation sites is 2. The van der Waals surface area contributed by atoms with Gasteiger partial charge in [-0.2, -0.15) is 0 Å². The summed E-state index contributed by atoms with van der Waals surface area (Å²) in [7, 11) is -2.72. The van der Waals surface area contributed by atoms with Gasteiger partial charge >= 0.3 is 0 Å². The predicted molar refractivity (Wildman–Crippen MR) is 287 cm³/mol. The Labute approximate surface area is 390 Å². The van der Waals surface area contributed by atoms with Crippen LogP contribution in [0, 0.1) is 0 Å². The van der Waals surface area contributed by atoms with Gasteiger partial charge in [0.2, 0.25) is 0 Å². The molecule has 0 fully saturated rings. The Morgan fingerprint density at radius 2 is 0.627 bits per heavy atom. The highest BCUT2D eigenvalue weighted by atomic mass is 28.3. The lowest BCUT2D eigenvalue weighted by Crippen LogP contribution is -2.74. The lowest BCUT2D eigenvalue weighted by molar-refractivity contribution is 1.18. The number of fused-ring (bicyclic) bond motifs is 7. The third kappa shape index (κ3) is 6.31. The van der Waals surface area contributed by atoms with Gasteiger partial charge in [-0.05, 0) is 114 Å². The van der Waals surface area contributed by atoms with Crippen LogP contribution in [-0.2, 0) is 0 Å². The van der Waals surface area contributed by atoms with Crippen molar-refractivity contribution in [3.05, 3.63) is 267 Å². The maximum absolute atomic E-state index is 2.72. The Morgan fingerprint density at radius 3 is 1.15 bits per heavy atom. The molecule has 0 aliphatic rings. The van der Waals surface area contributed by atoms with Gasteiger partial charge in [0.15, 0.2) is 8.07 Å². The molecule has 0 aliphatic carbocycles. The Bertz CT molecular complexity index is 3860. The second-order valence-corrected chi connectivity index (χ2v) is 21.5. The van der Waals surface area contributed by atoms with Crippen molar-refractivity contribution in [3.63, 3.8) is 0 Å². The fraction of sp³-hybridized carbons (Fsp3) is 0. The smallest absolute Gasteiger partial charge is 0.179 e. The summed E-state index contributed by atoms with van der Waals surface area (Å²) in [4.78, 5) is 0. The van der Waals surface area contributed by atoms with E-state index in [0.717, 1.165) is 5.69 Å². The van der Waals surface area contributed by atoms with Gasteiger partial charge in [-0.15, -0.1) is 0 Å². The van der Waals surface area contributed by atoms with Gasteiger partial charge in [0.1, 0.15) is 0 Å². The predicted octanol–water partition coefficient (Wildman–Crippen LogP) is 13.7. The highest BCUT2D eigenvalue weighted by Gasteiger charge is 2.41.